The Balaban J connectivity index is 2.13. The zero-order chi connectivity index (χ0) is 18.9. The first-order valence-electron chi connectivity index (χ1n) is 7.33. The normalized spacial score (nSPS) is 12.9. The predicted molar refractivity (Wildman–Crippen MR) is 104 cm³/mol. The van der Waals surface area contributed by atoms with Crippen LogP contribution in [-0.2, 0) is 10.2 Å². The molecule has 0 aliphatic heterocycles. The van der Waals surface area contributed by atoms with Crippen molar-refractivity contribution in [1.82, 2.24) is 14.9 Å². The Morgan fingerprint density at radius 3 is 2.28 bits per heavy atom. The lowest BCUT2D eigenvalue weighted by Crippen LogP contribution is -2.26. The number of carbonyl (C=O) groups excluding carboxylic acids is 1. The maximum absolute atomic E-state index is 12.4. The molecule has 10 heteroatoms. The number of halogens is 3. The molecule has 0 aliphatic rings. The van der Waals surface area contributed by atoms with Crippen LogP contribution in [0.5, 0.6) is 0 Å². The number of hydrogen-bond donors (Lipinski definition) is 2. The minimum Gasteiger partial charge on any atom is -0.336 e. The van der Waals surface area contributed by atoms with Crippen LogP contribution in [0.3, 0.4) is 0 Å². The number of nitrogens with two attached hydrogens (primary N) is 1. The van der Waals surface area contributed by atoms with Crippen molar-refractivity contribution in [2.24, 2.45) is 0 Å². The highest BCUT2D eigenvalue weighted by Gasteiger charge is 2.25. The summed E-state index contributed by atoms with van der Waals surface area (Å²) in [6.45, 7) is 7.67. The van der Waals surface area contributed by atoms with Crippen LogP contribution in [0, 0.1) is 0 Å². The summed E-state index contributed by atoms with van der Waals surface area (Å²) in [4.78, 5) is 12.4. The summed E-state index contributed by atoms with van der Waals surface area (Å²) in [5, 5.41) is 11.7. The topological polar surface area (TPSA) is 85.8 Å². The van der Waals surface area contributed by atoms with Crippen molar-refractivity contribution in [3.05, 3.63) is 33.0 Å². The molecule has 0 saturated heterocycles. The molecule has 0 fully saturated rings. The summed E-state index contributed by atoms with van der Waals surface area (Å²) in [6, 6.07) is 3.02. The van der Waals surface area contributed by atoms with Crippen LogP contribution in [0.1, 0.15) is 33.5 Å². The third-order valence-electron chi connectivity index (χ3n) is 3.24. The Kier molecular flexibility index (Phi) is 6.14. The van der Waals surface area contributed by atoms with Crippen molar-refractivity contribution in [3.8, 4) is 0 Å². The standard InChI is InChI=1S/C15H18Cl3N5OS/c1-7(25-14-22-21-13(23(14)19)15(2,3)4)12(24)20-11-9(17)5-8(16)6-10(11)18/h5-7H,19H2,1-4H3,(H,20,24). The summed E-state index contributed by atoms with van der Waals surface area (Å²) < 4.78 is 1.40. The van der Waals surface area contributed by atoms with Crippen LogP contribution >= 0.6 is 46.6 Å². The van der Waals surface area contributed by atoms with Gasteiger partial charge in [0.25, 0.3) is 0 Å². The van der Waals surface area contributed by atoms with Gasteiger partial charge in [-0.25, -0.2) is 4.68 Å². The van der Waals surface area contributed by atoms with Gasteiger partial charge in [0.05, 0.1) is 21.0 Å². The molecule has 1 atom stereocenters. The lowest BCUT2D eigenvalue weighted by atomic mass is 9.96. The molecule has 3 N–H and O–H groups in total. The molecular weight excluding hydrogens is 405 g/mol. The van der Waals surface area contributed by atoms with Crippen molar-refractivity contribution in [3.63, 3.8) is 0 Å². The molecule has 0 bridgehead atoms. The Hall–Kier alpha value is -1.15. The number of benzene rings is 1. The highest BCUT2D eigenvalue weighted by atomic mass is 35.5. The third-order valence-corrected chi connectivity index (χ3v) is 5.11. The maximum Gasteiger partial charge on any atom is 0.237 e. The Morgan fingerprint density at radius 1 is 1.24 bits per heavy atom. The molecule has 136 valence electrons. The molecule has 0 radical (unpaired) electrons. The van der Waals surface area contributed by atoms with E-state index in [9.17, 15) is 4.79 Å². The van der Waals surface area contributed by atoms with Gasteiger partial charge in [0.15, 0.2) is 5.82 Å². The van der Waals surface area contributed by atoms with Crippen molar-refractivity contribution >= 4 is 58.2 Å². The number of hydrogen-bond acceptors (Lipinski definition) is 5. The maximum atomic E-state index is 12.4. The highest BCUT2D eigenvalue weighted by molar-refractivity contribution is 8.00. The monoisotopic (exact) mass is 421 g/mol. The average molecular weight is 423 g/mol. The van der Waals surface area contributed by atoms with Crippen LogP contribution in [0.4, 0.5) is 5.69 Å². The Labute approximate surface area is 165 Å². The summed E-state index contributed by atoms with van der Waals surface area (Å²) in [6.07, 6.45) is 0. The molecule has 25 heavy (non-hydrogen) atoms. The molecule has 2 rings (SSSR count). The number of nitrogens with zero attached hydrogens (tertiary/aromatic N) is 3. The molecule has 1 heterocycles. The molecule has 1 aromatic carbocycles. The summed E-state index contributed by atoms with van der Waals surface area (Å²) in [5.74, 6) is 6.37. The van der Waals surface area contributed by atoms with Crippen molar-refractivity contribution in [2.75, 3.05) is 11.2 Å². The van der Waals surface area contributed by atoms with E-state index in [1.807, 2.05) is 20.8 Å². The number of carbonyl (C=O) groups is 1. The van der Waals surface area contributed by atoms with E-state index >= 15 is 0 Å². The van der Waals surface area contributed by atoms with Gasteiger partial charge in [0.1, 0.15) is 0 Å². The van der Waals surface area contributed by atoms with E-state index in [1.165, 1.54) is 28.6 Å². The van der Waals surface area contributed by atoms with E-state index in [0.717, 1.165) is 0 Å². The van der Waals surface area contributed by atoms with E-state index in [-0.39, 0.29) is 21.4 Å². The zero-order valence-corrected chi connectivity index (χ0v) is 17.2. The van der Waals surface area contributed by atoms with Crippen molar-refractivity contribution < 1.29 is 4.79 Å². The lowest BCUT2D eigenvalue weighted by molar-refractivity contribution is -0.115. The molecule has 0 saturated carbocycles. The zero-order valence-electron chi connectivity index (χ0n) is 14.1. The summed E-state index contributed by atoms with van der Waals surface area (Å²) >= 11 is 19.2. The molecule has 0 aliphatic carbocycles. The fourth-order valence-corrected chi connectivity index (χ4v) is 3.65. The fourth-order valence-electron chi connectivity index (χ4n) is 1.97. The highest BCUT2D eigenvalue weighted by Crippen LogP contribution is 2.34. The van der Waals surface area contributed by atoms with Gasteiger partial charge in [-0.15, -0.1) is 10.2 Å². The van der Waals surface area contributed by atoms with E-state index < -0.39 is 5.25 Å². The van der Waals surface area contributed by atoms with Gasteiger partial charge >= 0.3 is 0 Å². The summed E-state index contributed by atoms with van der Waals surface area (Å²) in [7, 11) is 0. The first kappa shape index (κ1) is 20.2. The number of thioether (sulfide) groups is 1. The molecule has 1 unspecified atom stereocenters. The second kappa shape index (κ2) is 7.61. The van der Waals surface area contributed by atoms with E-state index in [0.29, 0.717) is 21.7 Å². The van der Waals surface area contributed by atoms with Crippen LogP contribution in [0.25, 0.3) is 0 Å². The number of amides is 1. The molecule has 2 aromatic rings. The first-order chi connectivity index (χ1) is 11.5. The first-order valence-corrected chi connectivity index (χ1v) is 9.35. The van der Waals surface area contributed by atoms with Crippen LogP contribution in [-0.4, -0.2) is 26.0 Å². The van der Waals surface area contributed by atoms with E-state index in [2.05, 4.69) is 15.5 Å². The van der Waals surface area contributed by atoms with Gasteiger partial charge in [-0.05, 0) is 19.1 Å². The van der Waals surface area contributed by atoms with E-state index in [4.69, 9.17) is 40.6 Å². The number of anilines is 1. The molecule has 1 aromatic heterocycles. The largest absolute Gasteiger partial charge is 0.336 e. The average Bonchev–Trinajstić information content (AvgIpc) is 2.83. The third kappa shape index (κ3) is 4.73. The number of nitrogen functional groups attached to an aromatic ring is 1. The smallest absolute Gasteiger partial charge is 0.237 e. The lowest BCUT2D eigenvalue weighted by Gasteiger charge is -2.17. The van der Waals surface area contributed by atoms with Crippen molar-refractivity contribution in [2.45, 2.75) is 43.5 Å². The van der Waals surface area contributed by atoms with Gasteiger partial charge in [-0.1, -0.05) is 67.3 Å². The molecule has 0 spiro atoms. The Bertz CT molecular complexity index is 780. The predicted octanol–water partition coefficient (Wildman–Crippen LogP) is 4.37. The number of rotatable bonds is 4. The second-order valence-corrected chi connectivity index (χ2v) is 8.98. The van der Waals surface area contributed by atoms with Crippen LogP contribution in [0.2, 0.25) is 15.1 Å². The van der Waals surface area contributed by atoms with Gasteiger partial charge < -0.3 is 11.2 Å². The second-order valence-electron chi connectivity index (χ2n) is 6.42. The Morgan fingerprint density at radius 2 is 1.80 bits per heavy atom. The SMILES string of the molecule is CC(Sc1nnc(C(C)(C)C)n1N)C(=O)Nc1c(Cl)cc(Cl)cc1Cl. The van der Waals surface area contributed by atoms with Crippen LogP contribution < -0.4 is 11.2 Å². The fraction of sp³-hybridized carbons (Fsp3) is 0.400. The minimum atomic E-state index is -0.498. The van der Waals surface area contributed by atoms with Crippen LogP contribution in [0.15, 0.2) is 17.3 Å². The molecule has 1 amide bonds. The van der Waals surface area contributed by atoms with Crippen molar-refractivity contribution in [1.29, 1.82) is 0 Å². The quantitative estimate of drug-likeness (QED) is 0.564. The van der Waals surface area contributed by atoms with Gasteiger partial charge in [-0.3, -0.25) is 4.79 Å². The number of aromatic nitrogens is 3. The van der Waals surface area contributed by atoms with Gasteiger partial charge in [0, 0.05) is 10.4 Å². The van der Waals surface area contributed by atoms with E-state index in [1.54, 1.807) is 6.92 Å². The van der Waals surface area contributed by atoms with Gasteiger partial charge in [0.2, 0.25) is 11.1 Å². The number of nitrogens with one attached hydrogen (secondary N) is 1. The summed E-state index contributed by atoms with van der Waals surface area (Å²) in [5.41, 5.74) is 0.0611. The molecule has 6 nitrogen and oxygen atoms in total. The molecular formula is C15H18Cl3N5OS. The van der Waals surface area contributed by atoms with Gasteiger partial charge in [-0.2, -0.15) is 0 Å². The minimum absolute atomic E-state index is 0.254.